The van der Waals surface area contributed by atoms with Gasteiger partial charge in [-0.15, -0.1) is 0 Å². The van der Waals surface area contributed by atoms with Crippen molar-refractivity contribution in [3.05, 3.63) is 35.5 Å². The van der Waals surface area contributed by atoms with Crippen molar-refractivity contribution in [1.82, 2.24) is 4.98 Å². The Morgan fingerprint density at radius 2 is 2.11 bits per heavy atom. The Balaban J connectivity index is 2.43. The first-order chi connectivity index (χ1) is 8.93. The van der Waals surface area contributed by atoms with Crippen molar-refractivity contribution < 1.29 is 22.7 Å². The van der Waals surface area contributed by atoms with E-state index in [4.69, 9.17) is 0 Å². The van der Waals surface area contributed by atoms with E-state index < -0.39 is 17.7 Å². The van der Waals surface area contributed by atoms with Crippen molar-refractivity contribution in [3.8, 4) is 0 Å². The van der Waals surface area contributed by atoms with Crippen molar-refractivity contribution in [2.24, 2.45) is 0 Å². The summed E-state index contributed by atoms with van der Waals surface area (Å²) in [5.74, 6) is -0.446. The summed E-state index contributed by atoms with van der Waals surface area (Å²) in [7, 11) is 1.25. The number of methoxy groups -OCH3 is 1. The van der Waals surface area contributed by atoms with Crippen LogP contribution < -0.4 is 0 Å². The topological polar surface area (TPSA) is 42.1 Å². The summed E-state index contributed by atoms with van der Waals surface area (Å²) >= 11 is 0. The molecule has 0 spiro atoms. The Morgan fingerprint density at radius 3 is 2.74 bits per heavy atom. The summed E-state index contributed by atoms with van der Waals surface area (Å²) < 4.78 is 43.3. The monoisotopic (exact) mass is 271 g/mol. The molecule has 6 heteroatoms. The van der Waals surface area contributed by atoms with Crippen molar-refractivity contribution in [3.63, 3.8) is 0 Å². The fourth-order valence-electron chi connectivity index (χ4n) is 2.03. The Bertz CT molecular complexity index is 601. The number of aromatic amines is 1. The van der Waals surface area contributed by atoms with Gasteiger partial charge in [0.25, 0.3) is 0 Å². The van der Waals surface area contributed by atoms with Crippen molar-refractivity contribution in [1.29, 1.82) is 0 Å². The minimum absolute atomic E-state index is 0.0512. The Hall–Kier alpha value is -1.98. The second-order valence-electron chi connectivity index (χ2n) is 4.12. The molecule has 0 aliphatic rings. The molecule has 0 saturated carbocycles. The zero-order chi connectivity index (χ0) is 14.0. The summed E-state index contributed by atoms with van der Waals surface area (Å²) in [5.41, 5.74) is 0.189. The smallest absolute Gasteiger partial charge is 0.417 e. The van der Waals surface area contributed by atoms with E-state index in [1.54, 1.807) is 6.07 Å². The molecule has 3 nitrogen and oxygen atoms in total. The van der Waals surface area contributed by atoms with Gasteiger partial charge in [-0.3, -0.25) is 4.79 Å². The molecule has 0 saturated heterocycles. The number of benzene rings is 1. The van der Waals surface area contributed by atoms with Crippen LogP contribution in [0.3, 0.4) is 0 Å². The van der Waals surface area contributed by atoms with Crippen LogP contribution in [0, 0.1) is 0 Å². The van der Waals surface area contributed by atoms with Gasteiger partial charge in [0.05, 0.1) is 12.7 Å². The predicted molar refractivity (Wildman–Crippen MR) is 63.6 cm³/mol. The highest BCUT2D eigenvalue weighted by molar-refractivity contribution is 5.87. The molecule has 19 heavy (non-hydrogen) atoms. The fourth-order valence-corrected chi connectivity index (χ4v) is 2.03. The number of fused-ring (bicyclic) bond motifs is 1. The van der Waals surface area contributed by atoms with Gasteiger partial charge in [-0.05, 0) is 24.1 Å². The van der Waals surface area contributed by atoms with Gasteiger partial charge in [0.2, 0.25) is 0 Å². The molecule has 2 rings (SSSR count). The molecular weight excluding hydrogens is 259 g/mol. The standard InChI is InChI=1S/C13H12F3NO2/c1-19-11(18)6-5-8-7-17-10-4-2-3-9(12(8)10)13(14,15)16/h2-4,7,17H,5-6H2,1H3. The number of hydrogen-bond acceptors (Lipinski definition) is 2. The minimum atomic E-state index is -4.41. The summed E-state index contributed by atoms with van der Waals surface area (Å²) in [6.45, 7) is 0. The highest BCUT2D eigenvalue weighted by Crippen LogP contribution is 2.36. The van der Waals surface area contributed by atoms with Crippen LogP contribution in [0.4, 0.5) is 13.2 Å². The Kier molecular flexibility index (Phi) is 3.50. The molecular formula is C13H12F3NO2. The van der Waals surface area contributed by atoms with Crippen LogP contribution in [0.5, 0.6) is 0 Å². The van der Waals surface area contributed by atoms with E-state index in [2.05, 4.69) is 9.72 Å². The lowest BCUT2D eigenvalue weighted by Gasteiger charge is -2.09. The number of carbonyl (C=O) groups excluding carboxylic acids is 1. The van der Waals surface area contributed by atoms with Gasteiger partial charge in [0.1, 0.15) is 0 Å². The van der Waals surface area contributed by atoms with E-state index in [0.29, 0.717) is 11.1 Å². The molecule has 1 N–H and O–H groups in total. The highest BCUT2D eigenvalue weighted by atomic mass is 19.4. The third-order valence-electron chi connectivity index (χ3n) is 2.92. The SMILES string of the molecule is COC(=O)CCc1c[nH]c2cccc(C(F)(F)F)c12. The lowest BCUT2D eigenvalue weighted by molar-refractivity contribution is -0.140. The summed E-state index contributed by atoms with van der Waals surface area (Å²) in [6.07, 6.45) is -2.65. The fraction of sp³-hybridized carbons (Fsp3) is 0.308. The molecule has 2 aromatic rings. The van der Waals surface area contributed by atoms with E-state index in [1.807, 2.05) is 0 Å². The van der Waals surface area contributed by atoms with Crippen molar-refractivity contribution in [2.75, 3.05) is 7.11 Å². The van der Waals surface area contributed by atoms with Crippen LogP contribution in [0.1, 0.15) is 17.5 Å². The van der Waals surface area contributed by atoms with Gasteiger partial charge in [-0.25, -0.2) is 0 Å². The maximum absolute atomic E-state index is 12.9. The van der Waals surface area contributed by atoms with E-state index in [1.165, 1.54) is 19.4 Å². The molecule has 0 aliphatic carbocycles. The average molecular weight is 271 g/mol. The third kappa shape index (κ3) is 2.72. The molecule has 0 atom stereocenters. The van der Waals surface area contributed by atoms with Crippen molar-refractivity contribution >= 4 is 16.9 Å². The number of aromatic nitrogens is 1. The second-order valence-corrected chi connectivity index (χ2v) is 4.12. The van der Waals surface area contributed by atoms with Crippen LogP contribution in [0.15, 0.2) is 24.4 Å². The molecule has 1 aromatic carbocycles. The summed E-state index contributed by atoms with van der Waals surface area (Å²) in [5, 5.41) is 0.124. The van der Waals surface area contributed by atoms with Gasteiger partial charge >= 0.3 is 12.1 Å². The molecule has 0 fully saturated rings. The number of carbonyl (C=O) groups is 1. The largest absolute Gasteiger partial charge is 0.469 e. The average Bonchev–Trinajstić information content (AvgIpc) is 2.77. The maximum atomic E-state index is 12.9. The number of ether oxygens (including phenoxy) is 1. The zero-order valence-corrected chi connectivity index (χ0v) is 10.2. The van der Waals surface area contributed by atoms with Gasteiger partial charge in [-0.1, -0.05) is 6.07 Å². The molecule has 0 unspecified atom stereocenters. The van der Waals surface area contributed by atoms with Gasteiger partial charge in [0, 0.05) is 23.5 Å². The first kappa shape index (κ1) is 13.5. The number of esters is 1. The van der Waals surface area contributed by atoms with Crippen LogP contribution in [0.2, 0.25) is 0 Å². The number of rotatable bonds is 3. The molecule has 0 amide bonds. The minimum Gasteiger partial charge on any atom is -0.469 e. The van der Waals surface area contributed by atoms with E-state index in [9.17, 15) is 18.0 Å². The molecule has 0 radical (unpaired) electrons. The predicted octanol–water partition coefficient (Wildman–Crippen LogP) is 3.29. The lowest BCUT2D eigenvalue weighted by atomic mass is 10.0. The zero-order valence-electron chi connectivity index (χ0n) is 10.2. The molecule has 0 aliphatic heterocycles. The normalized spacial score (nSPS) is 11.8. The quantitative estimate of drug-likeness (QED) is 0.870. The van der Waals surface area contributed by atoms with Gasteiger partial charge < -0.3 is 9.72 Å². The Labute approximate surface area is 107 Å². The van der Waals surface area contributed by atoms with Crippen LogP contribution in [0.25, 0.3) is 10.9 Å². The van der Waals surface area contributed by atoms with Crippen LogP contribution in [-0.4, -0.2) is 18.1 Å². The number of H-pyrrole nitrogens is 1. The second kappa shape index (κ2) is 4.95. The number of alkyl halides is 3. The third-order valence-corrected chi connectivity index (χ3v) is 2.92. The van der Waals surface area contributed by atoms with E-state index >= 15 is 0 Å². The van der Waals surface area contributed by atoms with E-state index in [-0.39, 0.29) is 18.2 Å². The molecule has 1 aromatic heterocycles. The van der Waals surface area contributed by atoms with Crippen LogP contribution >= 0.6 is 0 Å². The number of nitrogens with one attached hydrogen (secondary N) is 1. The molecule has 1 heterocycles. The lowest BCUT2D eigenvalue weighted by Crippen LogP contribution is -2.07. The maximum Gasteiger partial charge on any atom is 0.417 e. The summed E-state index contributed by atoms with van der Waals surface area (Å²) in [4.78, 5) is 13.9. The highest BCUT2D eigenvalue weighted by Gasteiger charge is 2.33. The van der Waals surface area contributed by atoms with E-state index in [0.717, 1.165) is 6.07 Å². The summed E-state index contributed by atoms with van der Waals surface area (Å²) in [6, 6.07) is 3.97. The van der Waals surface area contributed by atoms with Crippen molar-refractivity contribution in [2.45, 2.75) is 19.0 Å². The molecule has 0 bridgehead atoms. The van der Waals surface area contributed by atoms with Gasteiger partial charge in [-0.2, -0.15) is 13.2 Å². The molecule has 102 valence electrons. The first-order valence-corrected chi connectivity index (χ1v) is 5.66. The Morgan fingerprint density at radius 1 is 1.37 bits per heavy atom. The number of halogens is 3. The van der Waals surface area contributed by atoms with Crippen LogP contribution in [-0.2, 0) is 22.1 Å². The first-order valence-electron chi connectivity index (χ1n) is 5.66. The van der Waals surface area contributed by atoms with Gasteiger partial charge in [0.15, 0.2) is 0 Å². The number of hydrogen-bond donors (Lipinski definition) is 1. The number of aryl methyl sites for hydroxylation is 1.